The van der Waals surface area contributed by atoms with Gasteiger partial charge in [0.05, 0.1) is 32.1 Å². The number of halogens is 1. The van der Waals surface area contributed by atoms with Crippen LogP contribution < -0.4 is 9.47 Å². The van der Waals surface area contributed by atoms with E-state index in [4.69, 9.17) is 31.6 Å². The van der Waals surface area contributed by atoms with E-state index in [9.17, 15) is 4.79 Å². The van der Waals surface area contributed by atoms with Crippen molar-refractivity contribution in [1.82, 2.24) is 4.90 Å². The van der Waals surface area contributed by atoms with Crippen molar-refractivity contribution in [2.45, 2.75) is 19.4 Å². The van der Waals surface area contributed by atoms with E-state index in [0.29, 0.717) is 28.7 Å². The third-order valence-electron chi connectivity index (χ3n) is 3.99. The fourth-order valence-electron chi connectivity index (χ4n) is 2.53. The lowest BCUT2D eigenvalue weighted by Gasteiger charge is -2.21. The number of ether oxygens (including phenoxy) is 2. The van der Waals surface area contributed by atoms with Crippen molar-refractivity contribution in [3.05, 3.63) is 58.6 Å². The first-order valence-corrected chi connectivity index (χ1v) is 9.05. The summed E-state index contributed by atoms with van der Waals surface area (Å²) in [6.45, 7) is 0.875. The maximum Gasteiger partial charge on any atom is 0.254 e. The minimum atomic E-state index is -0.256. The maximum absolute atomic E-state index is 12.7. The molecule has 2 aromatic carbocycles. The maximum atomic E-state index is 12.7. The summed E-state index contributed by atoms with van der Waals surface area (Å²) in [5.41, 5.74) is 1.36. The van der Waals surface area contributed by atoms with Gasteiger partial charge in [0.25, 0.3) is 5.91 Å². The second-order valence-corrected chi connectivity index (χ2v) is 6.33. The zero-order valence-electron chi connectivity index (χ0n) is 15.5. The number of amides is 1. The zero-order chi connectivity index (χ0) is 20.4. The Bertz CT molecular complexity index is 867. The normalized spacial score (nSPS) is 9.86. The second-order valence-electron chi connectivity index (χ2n) is 5.89. The van der Waals surface area contributed by atoms with Crippen molar-refractivity contribution in [3.8, 4) is 23.6 Å². The van der Waals surface area contributed by atoms with E-state index >= 15 is 0 Å². The number of methoxy groups -OCH3 is 1. The molecule has 6 nitrogen and oxygen atoms in total. The molecule has 0 radical (unpaired) electrons. The summed E-state index contributed by atoms with van der Waals surface area (Å²) in [5.74, 6) is 0.683. The molecule has 1 amide bonds. The van der Waals surface area contributed by atoms with Gasteiger partial charge in [0.1, 0.15) is 6.61 Å². The number of rotatable bonds is 9. The molecule has 0 spiro atoms. The van der Waals surface area contributed by atoms with Crippen LogP contribution in [0.15, 0.2) is 42.5 Å². The van der Waals surface area contributed by atoms with Crippen LogP contribution in [-0.2, 0) is 6.61 Å². The molecule has 0 saturated carbocycles. The number of nitriles is 2. The van der Waals surface area contributed by atoms with Crippen LogP contribution in [0.1, 0.15) is 28.8 Å². The van der Waals surface area contributed by atoms with Gasteiger partial charge in [0.2, 0.25) is 0 Å². The minimum absolute atomic E-state index is 0.205. The molecule has 2 aromatic rings. The lowest BCUT2D eigenvalue weighted by molar-refractivity contribution is 0.0762. The molecule has 0 aromatic heterocycles. The number of carbonyl (C=O) groups excluding carboxylic acids is 1. The lowest BCUT2D eigenvalue weighted by atomic mass is 10.1. The van der Waals surface area contributed by atoms with Crippen LogP contribution in [0, 0.1) is 22.7 Å². The average molecular weight is 398 g/mol. The summed E-state index contributed by atoms with van der Waals surface area (Å²) >= 11 is 5.88. The third kappa shape index (κ3) is 5.90. The van der Waals surface area contributed by atoms with Crippen molar-refractivity contribution in [2.75, 3.05) is 20.2 Å². The fraction of sp³-hybridized carbons (Fsp3) is 0.286. The molecule has 0 saturated heterocycles. The molecule has 7 heteroatoms. The van der Waals surface area contributed by atoms with Gasteiger partial charge in [-0.15, -0.1) is 0 Å². The molecule has 0 heterocycles. The van der Waals surface area contributed by atoms with Gasteiger partial charge in [-0.3, -0.25) is 4.79 Å². The number of hydrogen-bond acceptors (Lipinski definition) is 5. The van der Waals surface area contributed by atoms with Crippen LogP contribution in [0.5, 0.6) is 11.5 Å². The average Bonchev–Trinajstić information content (AvgIpc) is 2.73. The first kappa shape index (κ1) is 21.1. The number of carbonyl (C=O) groups is 1. The van der Waals surface area contributed by atoms with Gasteiger partial charge in [0.15, 0.2) is 11.5 Å². The fourth-order valence-corrected chi connectivity index (χ4v) is 2.65. The van der Waals surface area contributed by atoms with E-state index in [0.717, 1.165) is 5.56 Å². The van der Waals surface area contributed by atoms with E-state index < -0.39 is 0 Å². The topological polar surface area (TPSA) is 86.4 Å². The largest absolute Gasteiger partial charge is 0.493 e. The molecule has 0 aliphatic heterocycles. The molecule has 0 N–H and O–H groups in total. The monoisotopic (exact) mass is 397 g/mol. The first-order chi connectivity index (χ1) is 13.6. The molecule has 144 valence electrons. The summed E-state index contributed by atoms with van der Waals surface area (Å²) in [7, 11) is 1.50. The van der Waals surface area contributed by atoms with Crippen molar-refractivity contribution in [2.24, 2.45) is 0 Å². The molecule has 0 aliphatic rings. The Labute approximate surface area is 169 Å². The van der Waals surface area contributed by atoms with E-state index in [1.165, 1.54) is 12.0 Å². The van der Waals surface area contributed by atoms with E-state index in [-0.39, 0.29) is 31.8 Å². The van der Waals surface area contributed by atoms with Crippen molar-refractivity contribution < 1.29 is 14.3 Å². The summed E-state index contributed by atoms with van der Waals surface area (Å²) < 4.78 is 11.2. The zero-order valence-corrected chi connectivity index (χ0v) is 16.3. The predicted octanol–water partition coefficient (Wildman–Crippen LogP) is 4.20. The molecule has 2 rings (SSSR count). The van der Waals surface area contributed by atoms with Gasteiger partial charge < -0.3 is 14.4 Å². The van der Waals surface area contributed by atoms with Gasteiger partial charge in [-0.1, -0.05) is 23.7 Å². The van der Waals surface area contributed by atoms with E-state index in [1.807, 2.05) is 24.3 Å². The smallest absolute Gasteiger partial charge is 0.254 e. The Hall–Kier alpha value is -3.22. The van der Waals surface area contributed by atoms with Crippen LogP contribution in [0.2, 0.25) is 5.02 Å². The highest BCUT2D eigenvalue weighted by Gasteiger charge is 2.17. The van der Waals surface area contributed by atoms with Crippen LogP contribution in [0.3, 0.4) is 0 Å². The SMILES string of the molecule is COc1cc(C(=O)N(CCC#N)CCC#N)ccc1OCc1ccc(Cl)cc1. The van der Waals surface area contributed by atoms with Crippen molar-refractivity contribution in [1.29, 1.82) is 10.5 Å². The summed E-state index contributed by atoms with van der Waals surface area (Å²) in [5, 5.41) is 18.2. The highest BCUT2D eigenvalue weighted by molar-refractivity contribution is 6.30. The van der Waals surface area contributed by atoms with Crippen LogP contribution in [-0.4, -0.2) is 31.0 Å². The minimum Gasteiger partial charge on any atom is -0.493 e. The highest BCUT2D eigenvalue weighted by atomic mass is 35.5. The Kier molecular flexibility index (Phi) is 8.14. The third-order valence-corrected chi connectivity index (χ3v) is 4.24. The van der Waals surface area contributed by atoms with Crippen molar-refractivity contribution >= 4 is 17.5 Å². The molecule has 0 fully saturated rings. The quantitative estimate of drug-likeness (QED) is 0.633. The molecule has 0 aliphatic carbocycles. The Morgan fingerprint density at radius 3 is 2.25 bits per heavy atom. The van der Waals surface area contributed by atoms with Gasteiger partial charge in [-0.2, -0.15) is 10.5 Å². The second kappa shape index (κ2) is 10.8. The number of benzene rings is 2. The van der Waals surface area contributed by atoms with Gasteiger partial charge in [-0.25, -0.2) is 0 Å². The number of hydrogen-bond donors (Lipinski definition) is 0. The predicted molar refractivity (Wildman–Crippen MR) is 105 cm³/mol. The van der Waals surface area contributed by atoms with Crippen LogP contribution in [0.25, 0.3) is 0 Å². The molecule has 0 atom stereocenters. The molecular formula is C21H20ClN3O3. The lowest BCUT2D eigenvalue weighted by Crippen LogP contribution is -2.32. The Balaban J connectivity index is 2.13. The van der Waals surface area contributed by atoms with Crippen molar-refractivity contribution in [3.63, 3.8) is 0 Å². The van der Waals surface area contributed by atoms with E-state index in [2.05, 4.69) is 0 Å². The highest BCUT2D eigenvalue weighted by Crippen LogP contribution is 2.29. The van der Waals surface area contributed by atoms with E-state index in [1.54, 1.807) is 30.3 Å². The van der Waals surface area contributed by atoms with Crippen LogP contribution >= 0.6 is 11.6 Å². The Morgan fingerprint density at radius 1 is 1.04 bits per heavy atom. The van der Waals surface area contributed by atoms with Gasteiger partial charge >= 0.3 is 0 Å². The number of nitrogens with zero attached hydrogens (tertiary/aromatic N) is 3. The van der Waals surface area contributed by atoms with Gasteiger partial charge in [-0.05, 0) is 35.9 Å². The molecule has 28 heavy (non-hydrogen) atoms. The summed E-state index contributed by atoms with van der Waals surface area (Å²) in [6.07, 6.45) is 0.410. The molecule has 0 unspecified atom stereocenters. The summed E-state index contributed by atoms with van der Waals surface area (Å²) in [6, 6.07) is 16.3. The summed E-state index contributed by atoms with van der Waals surface area (Å²) in [4.78, 5) is 14.2. The Morgan fingerprint density at radius 2 is 1.68 bits per heavy atom. The molecular weight excluding hydrogens is 378 g/mol. The first-order valence-electron chi connectivity index (χ1n) is 8.67. The van der Waals surface area contributed by atoms with Gasteiger partial charge in [0, 0.05) is 23.7 Å². The standard InChI is InChI=1S/C21H20ClN3O3/c1-27-20-14-17(21(26)25(12-2-10-23)13-3-11-24)6-9-19(20)28-15-16-4-7-18(22)8-5-16/h4-9,14H,2-3,12-13,15H2,1H3. The molecule has 0 bridgehead atoms. The van der Waals surface area contributed by atoms with Crippen LogP contribution in [0.4, 0.5) is 0 Å².